The lowest BCUT2D eigenvalue weighted by Gasteiger charge is -2.28. The number of carbonyl (C=O) groups excluding carboxylic acids is 3. The fourth-order valence-corrected chi connectivity index (χ4v) is 5.24. The molecule has 170 valence electrons. The van der Waals surface area contributed by atoms with E-state index in [4.69, 9.17) is 44.3 Å². The van der Waals surface area contributed by atoms with Crippen molar-refractivity contribution in [1.82, 2.24) is 5.32 Å². The van der Waals surface area contributed by atoms with E-state index in [9.17, 15) is 14.4 Å². The van der Waals surface area contributed by atoms with Gasteiger partial charge in [-0.05, 0) is 24.3 Å². The maximum atomic E-state index is 13.3. The third-order valence-corrected chi connectivity index (χ3v) is 7.20. The summed E-state index contributed by atoms with van der Waals surface area (Å²) in [6.07, 6.45) is 2.26. The monoisotopic (exact) mass is 506 g/mol. The van der Waals surface area contributed by atoms with E-state index in [2.05, 4.69) is 5.32 Å². The molecule has 3 heterocycles. The Kier molecular flexibility index (Phi) is 5.61. The van der Waals surface area contributed by atoms with Crippen molar-refractivity contribution in [2.75, 3.05) is 11.4 Å². The molecule has 7 nitrogen and oxygen atoms in total. The van der Waals surface area contributed by atoms with Crippen LogP contribution in [0.4, 0.5) is 10.5 Å². The molecule has 2 fully saturated rings. The molecule has 0 radical (unpaired) electrons. The molecule has 2 aromatic rings. The largest absolute Gasteiger partial charge is 0.445 e. The number of alkyl carbamates (subject to hydrolysis) is 1. The number of imide groups is 1. The molecule has 0 aliphatic carbocycles. The van der Waals surface area contributed by atoms with Crippen LogP contribution in [-0.4, -0.2) is 36.2 Å². The average Bonchev–Trinajstić information content (AvgIpc) is 3.44. The van der Waals surface area contributed by atoms with Crippen LogP contribution >= 0.6 is 34.8 Å². The minimum atomic E-state index is -1.12. The van der Waals surface area contributed by atoms with Crippen LogP contribution in [0.2, 0.25) is 15.1 Å². The molecule has 1 N–H and O–H groups in total. The highest BCUT2D eigenvalue weighted by molar-refractivity contribution is 6.43. The summed E-state index contributed by atoms with van der Waals surface area (Å²) in [5, 5.41) is 3.54. The molecule has 2 bridgehead atoms. The Labute approximate surface area is 204 Å². The highest BCUT2D eigenvalue weighted by Crippen LogP contribution is 2.52. The molecule has 0 unspecified atom stereocenters. The molecule has 10 heteroatoms. The van der Waals surface area contributed by atoms with Gasteiger partial charge in [-0.15, -0.1) is 0 Å². The Balaban J connectivity index is 1.27. The number of para-hydroxylation sites is 1. The summed E-state index contributed by atoms with van der Waals surface area (Å²) in [5.74, 6) is -2.01. The number of carbonyl (C=O) groups is 3. The lowest BCUT2D eigenvalue weighted by Crippen LogP contribution is -2.49. The van der Waals surface area contributed by atoms with Gasteiger partial charge < -0.3 is 14.8 Å². The van der Waals surface area contributed by atoms with Crippen molar-refractivity contribution in [2.45, 2.75) is 18.3 Å². The van der Waals surface area contributed by atoms with Crippen LogP contribution in [0.1, 0.15) is 5.56 Å². The van der Waals surface area contributed by atoms with Crippen molar-refractivity contribution < 1.29 is 23.9 Å². The molecular weight excluding hydrogens is 491 g/mol. The van der Waals surface area contributed by atoms with Gasteiger partial charge in [-0.3, -0.25) is 9.59 Å². The van der Waals surface area contributed by atoms with Gasteiger partial charge in [0.25, 0.3) is 0 Å². The van der Waals surface area contributed by atoms with Gasteiger partial charge in [0.2, 0.25) is 11.8 Å². The minimum Gasteiger partial charge on any atom is -0.445 e. The second-order valence-corrected chi connectivity index (χ2v) is 9.26. The third-order valence-electron chi connectivity index (χ3n) is 6.13. The molecular formula is C23H17Cl3N2O5. The second-order valence-electron chi connectivity index (χ2n) is 8.03. The molecule has 0 saturated carbocycles. The molecule has 33 heavy (non-hydrogen) atoms. The number of hydrogen-bond donors (Lipinski definition) is 1. The van der Waals surface area contributed by atoms with Gasteiger partial charge in [-0.2, -0.15) is 0 Å². The molecule has 2 saturated heterocycles. The molecule has 0 spiro atoms. The topological polar surface area (TPSA) is 84.9 Å². The van der Waals surface area contributed by atoms with Crippen molar-refractivity contribution in [3.63, 3.8) is 0 Å². The van der Waals surface area contributed by atoms with Crippen molar-refractivity contribution >= 4 is 58.4 Å². The van der Waals surface area contributed by atoms with E-state index < -0.39 is 29.6 Å². The van der Waals surface area contributed by atoms with Crippen molar-refractivity contribution in [1.29, 1.82) is 0 Å². The third kappa shape index (κ3) is 3.69. The lowest BCUT2D eigenvalue weighted by atomic mass is 9.77. The van der Waals surface area contributed by atoms with Crippen LogP contribution in [-0.2, 0) is 25.7 Å². The summed E-state index contributed by atoms with van der Waals surface area (Å²) in [5.41, 5.74) is -0.110. The smallest absolute Gasteiger partial charge is 0.407 e. The predicted molar refractivity (Wildman–Crippen MR) is 122 cm³/mol. The number of amides is 3. The molecule has 0 aromatic heterocycles. The summed E-state index contributed by atoms with van der Waals surface area (Å²) < 4.78 is 11.2. The first-order valence-corrected chi connectivity index (χ1v) is 11.3. The predicted octanol–water partition coefficient (Wildman–Crippen LogP) is 4.39. The highest BCUT2D eigenvalue weighted by Gasteiger charge is 2.67. The van der Waals surface area contributed by atoms with E-state index in [1.165, 1.54) is 17.0 Å². The Bertz CT molecular complexity index is 1190. The fourth-order valence-electron chi connectivity index (χ4n) is 4.62. The number of rotatable bonds is 5. The van der Waals surface area contributed by atoms with Crippen LogP contribution in [0, 0.1) is 11.8 Å². The zero-order valence-corrected chi connectivity index (χ0v) is 19.2. The van der Waals surface area contributed by atoms with Gasteiger partial charge in [0.05, 0.1) is 40.2 Å². The van der Waals surface area contributed by atoms with E-state index in [-0.39, 0.29) is 25.0 Å². The molecule has 4 atom stereocenters. The highest BCUT2D eigenvalue weighted by atomic mass is 35.5. The van der Waals surface area contributed by atoms with E-state index in [0.29, 0.717) is 26.3 Å². The van der Waals surface area contributed by atoms with Crippen molar-refractivity contribution in [3.8, 4) is 0 Å². The van der Waals surface area contributed by atoms with Crippen LogP contribution in [0.5, 0.6) is 0 Å². The number of nitrogens with zero attached hydrogens (tertiary/aromatic N) is 1. The number of hydrogen-bond acceptors (Lipinski definition) is 5. The van der Waals surface area contributed by atoms with E-state index in [0.717, 1.165) is 0 Å². The van der Waals surface area contributed by atoms with Gasteiger partial charge >= 0.3 is 6.09 Å². The Morgan fingerprint density at radius 3 is 2.55 bits per heavy atom. The first-order valence-electron chi connectivity index (χ1n) is 10.1. The average molecular weight is 508 g/mol. The van der Waals surface area contributed by atoms with E-state index >= 15 is 0 Å². The molecule has 5 rings (SSSR count). The quantitative estimate of drug-likeness (QED) is 0.369. The first-order chi connectivity index (χ1) is 15.8. The lowest BCUT2D eigenvalue weighted by molar-refractivity contribution is -0.126. The van der Waals surface area contributed by atoms with Crippen LogP contribution in [0.25, 0.3) is 0 Å². The molecule has 3 aliphatic heterocycles. The van der Waals surface area contributed by atoms with Crippen LogP contribution < -0.4 is 10.2 Å². The summed E-state index contributed by atoms with van der Waals surface area (Å²) in [7, 11) is 0. The summed E-state index contributed by atoms with van der Waals surface area (Å²) in [4.78, 5) is 39.9. The van der Waals surface area contributed by atoms with E-state index in [1.807, 2.05) is 6.07 Å². The molecule has 3 amide bonds. The maximum Gasteiger partial charge on any atom is 0.407 e. The van der Waals surface area contributed by atoms with Crippen molar-refractivity contribution in [3.05, 3.63) is 75.2 Å². The Morgan fingerprint density at radius 2 is 1.79 bits per heavy atom. The number of fused-ring (bicyclic) bond motifs is 5. The first kappa shape index (κ1) is 22.2. The maximum absolute atomic E-state index is 13.3. The molecule has 2 aromatic carbocycles. The van der Waals surface area contributed by atoms with Crippen molar-refractivity contribution in [2.24, 2.45) is 11.8 Å². The van der Waals surface area contributed by atoms with E-state index in [1.54, 1.807) is 36.4 Å². The fraction of sp³-hybridized carbons (Fsp3) is 0.261. The van der Waals surface area contributed by atoms with Gasteiger partial charge in [-0.25, -0.2) is 9.69 Å². The standard InChI is InChI=1S/C23H17Cl3N2O5/c24-14-9-16(26)15(25)8-12(14)10-32-22(31)27-11-23-7-6-17(33-23)18-19(23)21(30)28(20(18)29)13-4-2-1-3-5-13/h1-9,17-19H,10-11H2,(H,27,31)/t17-,18+,19-,23-/m1/s1. The minimum absolute atomic E-state index is 0.0310. The number of benzene rings is 2. The van der Waals surface area contributed by atoms with Crippen LogP contribution in [0.3, 0.4) is 0 Å². The zero-order valence-electron chi connectivity index (χ0n) is 17.0. The SMILES string of the molecule is O=C(NC[C@@]12C=C[C@@H](O1)[C@@H]1C(=O)N(c3ccccc3)C(=O)[C@@H]12)OCc1cc(Cl)c(Cl)cc1Cl. The van der Waals surface area contributed by atoms with Gasteiger partial charge in [-0.1, -0.05) is 65.2 Å². The summed E-state index contributed by atoms with van der Waals surface area (Å²) in [6.45, 7) is -0.157. The Morgan fingerprint density at radius 1 is 1.06 bits per heavy atom. The summed E-state index contributed by atoms with van der Waals surface area (Å²) >= 11 is 18.0. The Hall–Kier alpha value is -2.58. The normalized spacial score (nSPS) is 27.2. The number of ether oxygens (including phenoxy) is 2. The number of nitrogens with one attached hydrogen (secondary N) is 1. The van der Waals surface area contributed by atoms with Crippen LogP contribution in [0.15, 0.2) is 54.6 Å². The van der Waals surface area contributed by atoms with Gasteiger partial charge in [0.1, 0.15) is 12.2 Å². The van der Waals surface area contributed by atoms with Gasteiger partial charge in [0, 0.05) is 10.6 Å². The second kappa shape index (κ2) is 8.33. The number of halogens is 3. The molecule has 3 aliphatic rings. The summed E-state index contributed by atoms with van der Waals surface area (Å²) in [6, 6.07) is 11.8. The van der Waals surface area contributed by atoms with Gasteiger partial charge in [0.15, 0.2) is 0 Å². The number of anilines is 1. The zero-order chi connectivity index (χ0) is 23.3.